The average molecular weight is 251 g/mol. The molecule has 0 spiro atoms. The van der Waals surface area contributed by atoms with Crippen LogP contribution in [0.1, 0.15) is 11.1 Å². The van der Waals surface area contributed by atoms with Gasteiger partial charge in [0.05, 0.1) is 6.42 Å². The van der Waals surface area contributed by atoms with Gasteiger partial charge in [0.25, 0.3) is 0 Å². The van der Waals surface area contributed by atoms with E-state index in [1.807, 2.05) is 42.5 Å². The standard InChI is InChI=1S/C16H13NO2/c1-2-12-5-3-7-14(9-12)17-15-8-4-6-13(10-15)11-16(18)19/h1,3-10,17H,11H2,(H,18,19). The van der Waals surface area contributed by atoms with E-state index in [2.05, 4.69) is 11.2 Å². The predicted molar refractivity (Wildman–Crippen MR) is 75.4 cm³/mol. The van der Waals surface area contributed by atoms with Crippen LogP contribution in [0.5, 0.6) is 0 Å². The van der Waals surface area contributed by atoms with E-state index in [1.54, 1.807) is 6.07 Å². The fraction of sp³-hybridized carbons (Fsp3) is 0.0625. The van der Waals surface area contributed by atoms with Gasteiger partial charge in [0.1, 0.15) is 0 Å². The van der Waals surface area contributed by atoms with E-state index < -0.39 is 5.97 Å². The zero-order chi connectivity index (χ0) is 13.7. The van der Waals surface area contributed by atoms with Crippen LogP contribution in [-0.2, 0) is 11.2 Å². The Morgan fingerprint density at radius 3 is 2.53 bits per heavy atom. The number of hydrogen-bond acceptors (Lipinski definition) is 2. The second-order valence-electron chi connectivity index (χ2n) is 4.12. The maximum Gasteiger partial charge on any atom is 0.307 e. The topological polar surface area (TPSA) is 49.3 Å². The summed E-state index contributed by atoms with van der Waals surface area (Å²) in [7, 11) is 0. The lowest BCUT2D eigenvalue weighted by molar-refractivity contribution is -0.136. The van der Waals surface area contributed by atoms with E-state index in [9.17, 15) is 4.79 Å². The number of anilines is 2. The fourth-order valence-corrected chi connectivity index (χ4v) is 1.79. The Morgan fingerprint density at radius 1 is 1.16 bits per heavy atom. The number of carbonyl (C=O) groups is 1. The minimum absolute atomic E-state index is 0.0138. The van der Waals surface area contributed by atoms with Gasteiger partial charge in [0.2, 0.25) is 0 Å². The normalized spacial score (nSPS) is 9.63. The summed E-state index contributed by atoms with van der Waals surface area (Å²) in [6, 6.07) is 14.8. The highest BCUT2D eigenvalue weighted by molar-refractivity contribution is 5.71. The van der Waals surface area contributed by atoms with Crippen molar-refractivity contribution in [3.63, 3.8) is 0 Å². The van der Waals surface area contributed by atoms with Crippen LogP contribution in [0, 0.1) is 12.3 Å². The number of carboxylic acid groups (broad SMARTS) is 1. The number of nitrogens with one attached hydrogen (secondary N) is 1. The zero-order valence-electron chi connectivity index (χ0n) is 10.3. The second-order valence-corrected chi connectivity index (χ2v) is 4.12. The first kappa shape index (κ1) is 12.7. The van der Waals surface area contributed by atoms with Gasteiger partial charge in [-0.05, 0) is 35.9 Å². The van der Waals surface area contributed by atoms with Gasteiger partial charge in [-0.15, -0.1) is 6.42 Å². The highest BCUT2D eigenvalue weighted by Gasteiger charge is 2.02. The van der Waals surface area contributed by atoms with Crippen LogP contribution in [0.3, 0.4) is 0 Å². The molecule has 2 N–H and O–H groups in total. The van der Waals surface area contributed by atoms with Crippen LogP contribution >= 0.6 is 0 Å². The van der Waals surface area contributed by atoms with Gasteiger partial charge in [0, 0.05) is 16.9 Å². The Morgan fingerprint density at radius 2 is 1.84 bits per heavy atom. The van der Waals surface area contributed by atoms with E-state index in [4.69, 9.17) is 11.5 Å². The summed E-state index contributed by atoms with van der Waals surface area (Å²) in [6.07, 6.45) is 5.36. The van der Waals surface area contributed by atoms with Crippen molar-refractivity contribution in [1.29, 1.82) is 0 Å². The first-order chi connectivity index (χ1) is 9.17. The maximum atomic E-state index is 10.7. The number of terminal acetylenes is 1. The molecule has 0 radical (unpaired) electrons. The third kappa shape index (κ3) is 3.62. The Hall–Kier alpha value is -2.73. The van der Waals surface area contributed by atoms with Gasteiger partial charge in [-0.3, -0.25) is 4.79 Å². The van der Waals surface area contributed by atoms with Crippen molar-refractivity contribution in [3.05, 3.63) is 59.7 Å². The molecule has 19 heavy (non-hydrogen) atoms. The summed E-state index contributed by atoms with van der Waals surface area (Å²) in [5, 5.41) is 12.0. The minimum Gasteiger partial charge on any atom is -0.481 e. The largest absolute Gasteiger partial charge is 0.481 e. The van der Waals surface area contributed by atoms with Crippen molar-refractivity contribution in [3.8, 4) is 12.3 Å². The molecule has 2 aromatic carbocycles. The highest BCUT2D eigenvalue weighted by Crippen LogP contribution is 2.18. The van der Waals surface area contributed by atoms with Crippen LogP contribution in [0.2, 0.25) is 0 Å². The summed E-state index contributed by atoms with van der Waals surface area (Å²) < 4.78 is 0. The van der Waals surface area contributed by atoms with E-state index in [0.29, 0.717) is 0 Å². The molecule has 0 saturated carbocycles. The number of rotatable bonds is 4. The molecule has 94 valence electrons. The van der Waals surface area contributed by atoms with Gasteiger partial charge in [-0.25, -0.2) is 0 Å². The molecule has 2 aromatic rings. The fourth-order valence-electron chi connectivity index (χ4n) is 1.79. The Labute approximate surface area is 111 Å². The Balaban J connectivity index is 2.18. The summed E-state index contributed by atoms with van der Waals surface area (Å²) in [5.74, 6) is 1.73. The highest BCUT2D eigenvalue weighted by atomic mass is 16.4. The van der Waals surface area contributed by atoms with Crippen molar-refractivity contribution in [1.82, 2.24) is 0 Å². The van der Waals surface area contributed by atoms with Crippen LogP contribution in [-0.4, -0.2) is 11.1 Å². The molecule has 3 heteroatoms. The molecule has 0 aromatic heterocycles. The quantitative estimate of drug-likeness (QED) is 0.821. The lowest BCUT2D eigenvalue weighted by atomic mass is 10.1. The molecule has 0 fully saturated rings. The average Bonchev–Trinajstić information content (AvgIpc) is 2.38. The molecule has 0 aliphatic heterocycles. The summed E-state index contributed by atoms with van der Waals surface area (Å²) in [4.78, 5) is 10.7. The maximum absolute atomic E-state index is 10.7. The molecular weight excluding hydrogens is 238 g/mol. The predicted octanol–water partition coefficient (Wildman–Crippen LogP) is 3.04. The lowest BCUT2D eigenvalue weighted by Gasteiger charge is -2.08. The molecule has 3 nitrogen and oxygen atoms in total. The van der Waals surface area contributed by atoms with E-state index in [1.165, 1.54) is 0 Å². The smallest absolute Gasteiger partial charge is 0.307 e. The molecular formula is C16H13NO2. The van der Waals surface area contributed by atoms with Gasteiger partial charge < -0.3 is 10.4 Å². The lowest BCUT2D eigenvalue weighted by Crippen LogP contribution is -2.00. The van der Waals surface area contributed by atoms with Crippen LogP contribution < -0.4 is 5.32 Å². The van der Waals surface area contributed by atoms with Crippen LogP contribution in [0.4, 0.5) is 11.4 Å². The molecule has 0 aliphatic carbocycles. The van der Waals surface area contributed by atoms with E-state index >= 15 is 0 Å². The molecule has 2 rings (SSSR count). The molecule has 0 bridgehead atoms. The van der Waals surface area contributed by atoms with Crippen LogP contribution in [0.25, 0.3) is 0 Å². The molecule has 0 heterocycles. The van der Waals surface area contributed by atoms with Gasteiger partial charge in [0.15, 0.2) is 0 Å². The Kier molecular flexibility index (Phi) is 3.84. The van der Waals surface area contributed by atoms with Crippen molar-refractivity contribution < 1.29 is 9.90 Å². The molecule has 0 amide bonds. The van der Waals surface area contributed by atoms with Crippen LogP contribution in [0.15, 0.2) is 48.5 Å². The first-order valence-corrected chi connectivity index (χ1v) is 5.82. The molecule has 0 atom stereocenters. The first-order valence-electron chi connectivity index (χ1n) is 5.82. The SMILES string of the molecule is C#Cc1cccc(Nc2cccc(CC(=O)O)c2)c1. The van der Waals surface area contributed by atoms with Gasteiger partial charge in [-0.2, -0.15) is 0 Å². The minimum atomic E-state index is -0.841. The number of aliphatic carboxylic acids is 1. The number of carboxylic acids is 1. The summed E-state index contributed by atoms with van der Waals surface area (Å²) in [5.41, 5.74) is 3.27. The second kappa shape index (κ2) is 5.74. The van der Waals surface area contributed by atoms with Crippen molar-refractivity contribution >= 4 is 17.3 Å². The van der Waals surface area contributed by atoms with Gasteiger partial charge in [-0.1, -0.05) is 24.1 Å². The zero-order valence-corrected chi connectivity index (χ0v) is 10.3. The molecule has 0 saturated heterocycles. The van der Waals surface area contributed by atoms with Crippen molar-refractivity contribution in [2.24, 2.45) is 0 Å². The van der Waals surface area contributed by atoms with Crippen molar-refractivity contribution in [2.75, 3.05) is 5.32 Å². The third-order valence-corrected chi connectivity index (χ3v) is 2.60. The van der Waals surface area contributed by atoms with E-state index in [-0.39, 0.29) is 6.42 Å². The summed E-state index contributed by atoms with van der Waals surface area (Å²) in [6.45, 7) is 0. The van der Waals surface area contributed by atoms with Gasteiger partial charge >= 0.3 is 5.97 Å². The monoisotopic (exact) mass is 251 g/mol. The number of benzene rings is 2. The van der Waals surface area contributed by atoms with Crippen molar-refractivity contribution in [2.45, 2.75) is 6.42 Å². The molecule has 0 aliphatic rings. The molecule has 0 unspecified atom stereocenters. The van der Waals surface area contributed by atoms with E-state index in [0.717, 1.165) is 22.5 Å². The Bertz CT molecular complexity index is 641. The summed E-state index contributed by atoms with van der Waals surface area (Å²) >= 11 is 0. The third-order valence-electron chi connectivity index (χ3n) is 2.60. The number of hydrogen-bond donors (Lipinski definition) is 2.